The molecule has 2 rings (SSSR count). The molecule has 0 fully saturated rings. The predicted molar refractivity (Wildman–Crippen MR) is 84.1 cm³/mol. The van der Waals surface area contributed by atoms with Crippen molar-refractivity contribution in [3.8, 4) is 0 Å². The number of carbonyl (C=O) groups is 1. The lowest BCUT2D eigenvalue weighted by Gasteiger charge is -2.33. The van der Waals surface area contributed by atoms with Gasteiger partial charge in [-0.05, 0) is 56.9 Å². The Morgan fingerprint density at radius 3 is 2.57 bits per heavy atom. The molecule has 0 bridgehead atoms. The molecule has 0 spiro atoms. The number of hydrogen-bond acceptors (Lipinski definition) is 3. The average molecular weight is 365 g/mol. The zero-order chi connectivity index (χ0) is 17.6. The Kier molecular flexibility index (Phi) is 4.62. The summed E-state index contributed by atoms with van der Waals surface area (Å²) in [5, 5.41) is 9.36. The third-order valence-electron chi connectivity index (χ3n) is 3.55. The van der Waals surface area contributed by atoms with E-state index >= 15 is 0 Å². The summed E-state index contributed by atoms with van der Waals surface area (Å²) in [7, 11) is -4.30. The van der Waals surface area contributed by atoms with Gasteiger partial charge in [0.1, 0.15) is 5.82 Å². The van der Waals surface area contributed by atoms with Crippen LogP contribution in [0.1, 0.15) is 44.4 Å². The van der Waals surface area contributed by atoms with Crippen molar-refractivity contribution in [3.05, 3.63) is 34.1 Å². The van der Waals surface area contributed by atoms with Crippen LogP contribution in [-0.2, 0) is 16.6 Å². The Labute approximate surface area is 139 Å². The number of rotatable bonds is 3. The first-order valence-electron chi connectivity index (χ1n) is 6.97. The third-order valence-corrected chi connectivity index (χ3v) is 5.63. The number of benzene rings is 1. The molecule has 9 heteroatoms. The lowest BCUT2D eigenvalue weighted by Crippen LogP contribution is -2.53. The molecule has 0 heterocycles. The van der Waals surface area contributed by atoms with Gasteiger partial charge in [-0.15, -0.1) is 0 Å². The van der Waals surface area contributed by atoms with Gasteiger partial charge in [-0.25, -0.2) is 9.18 Å². The number of nitrogens with one attached hydrogen (secondary N) is 1. The van der Waals surface area contributed by atoms with Crippen LogP contribution in [0.15, 0.2) is 12.1 Å². The summed E-state index contributed by atoms with van der Waals surface area (Å²) in [6, 6.07) is 1.74. The summed E-state index contributed by atoms with van der Waals surface area (Å²) >= 11 is 6.03. The Bertz CT molecular complexity index is 746. The molecule has 1 amide bonds. The summed E-state index contributed by atoms with van der Waals surface area (Å²) in [6.45, 7) is 4.43. The summed E-state index contributed by atoms with van der Waals surface area (Å²) < 4.78 is 41.1. The van der Waals surface area contributed by atoms with Gasteiger partial charge >= 0.3 is 16.3 Å². The van der Waals surface area contributed by atoms with E-state index in [-0.39, 0.29) is 5.02 Å². The van der Waals surface area contributed by atoms with Gasteiger partial charge in [0, 0.05) is 5.02 Å². The van der Waals surface area contributed by atoms with Crippen LogP contribution in [0.3, 0.4) is 0 Å². The number of nitrogens with zero attached hydrogens (tertiary/aromatic N) is 1. The smallest absolute Gasteiger partial charge is 0.422 e. The van der Waals surface area contributed by atoms with Crippen molar-refractivity contribution in [3.63, 3.8) is 0 Å². The molecule has 6 nitrogen and oxygen atoms in total. The summed E-state index contributed by atoms with van der Waals surface area (Å²) in [4.78, 5) is 11.4. The standard InChI is InChI=1S/C14H18ClFN2O4S/c1-14(2,3)18(13(19)20)23(21,22)17-11-5-4-8-6-9(16)7-10(15)12(8)11/h6-7,11,17H,4-5H2,1-3H3,(H,19,20). The molecule has 23 heavy (non-hydrogen) atoms. The van der Waals surface area contributed by atoms with Gasteiger partial charge in [0.05, 0.1) is 11.6 Å². The fraction of sp³-hybridized carbons (Fsp3) is 0.500. The van der Waals surface area contributed by atoms with Crippen LogP contribution in [0, 0.1) is 5.82 Å². The second-order valence-corrected chi connectivity index (χ2v) is 8.35. The molecule has 1 aliphatic rings. The number of carboxylic acid groups (broad SMARTS) is 1. The van der Waals surface area contributed by atoms with E-state index in [1.54, 1.807) is 0 Å². The molecule has 1 aliphatic carbocycles. The van der Waals surface area contributed by atoms with Gasteiger partial charge in [0.2, 0.25) is 0 Å². The molecule has 1 unspecified atom stereocenters. The van der Waals surface area contributed by atoms with E-state index in [9.17, 15) is 22.7 Å². The van der Waals surface area contributed by atoms with E-state index in [0.717, 1.165) is 6.07 Å². The van der Waals surface area contributed by atoms with E-state index in [1.807, 2.05) is 0 Å². The van der Waals surface area contributed by atoms with E-state index in [2.05, 4.69) is 4.72 Å². The summed E-state index contributed by atoms with van der Waals surface area (Å²) in [5.74, 6) is -0.487. The first-order valence-corrected chi connectivity index (χ1v) is 8.78. The molecule has 0 radical (unpaired) electrons. The van der Waals surface area contributed by atoms with E-state index in [1.165, 1.54) is 26.8 Å². The van der Waals surface area contributed by atoms with Crippen LogP contribution < -0.4 is 4.72 Å². The zero-order valence-corrected chi connectivity index (χ0v) is 14.5. The van der Waals surface area contributed by atoms with Crippen molar-refractivity contribution in [1.29, 1.82) is 0 Å². The fourth-order valence-corrected chi connectivity index (χ4v) is 4.76. The topological polar surface area (TPSA) is 86.7 Å². The molecule has 2 N–H and O–H groups in total. The monoisotopic (exact) mass is 364 g/mol. The molecule has 128 valence electrons. The second kappa shape index (κ2) is 5.92. The SMILES string of the molecule is CC(C)(C)N(C(=O)O)S(=O)(=O)NC1CCc2cc(F)cc(Cl)c21. The van der Waals surface area contributed by atoms with Crippen LogP contribution in [-0.4, -0.2) is 29.5 Å². The summed E-state index contributed by atoms with van der Waals surface area (Å²) in [6.07, 6.45) is -0.730. The van der Waals surface area contributed by atoms with Crippen molar-refractivity contribution >= 4 is 27.9 Å². The van der Waals surface area contributed by atoms with Gasteiger partial charge in [-0.2, -0.15) is 17.4 Å². The van der Waals surface area contributed by atoms with Crippen LogP contribution in [0.4, 0.5) is 9.18 Å². The van der Waals surface area contributed by atoms with Gasteiger partial charge < -0.3 is 5.11 Å². The van der Waals surface area contributed by atoms with E-state index in [4.69, 9.17) is 11.6 Å². The quantitative estimate of drug-likeness (QED) is 0.862. The minimum atomic E-state index is -4.30. The van der Waals surface area contributed by atoms with Crippen molar-refractivity contribution < 1.29 is 22.7 Å². The Balaban J connectivity index is 2.36. The van der Waals surface area contributed by atoms with E-state index < -0.39 is 33.7 Å². The number of hydrogen-bond donors (Lipinski definition) is 2. The maximum absolute atomic E-state index is 13.4. The normalized spacial score (nSPS) is 17.9. The molecule has 0 saturated carbocycles. The maximum Gasteiger partial charge on any atom is 0.422 e. The molecule has 1 aromatic carbocycles. The van der Waals surface area contributed by atoms with Crippen molar-refractivity contribution in [2.45, 2.75) is 45.2 Å². The molecule has 0 saturated heterocycles. The third kappa shape index (κ3) is 3.59. The summed E-state index contributed by atoms with van der Waals surface area (Å²) in [5.41, 5.74) is -0.0256. The highest BCUT2D eigenvalue weighted by atomic mass is 35.5. The predicted octanol–water partition coefficient (Wildman–Crippen LogP) is 3.08. The number of halogens is 2. The molecule has 0 aliphatic heterocycles. The maximum atomic E-state index is 13.4. The Morgan fingerprint density at radius 2 is 2.04 bits per heavy atom. The van der Waals surface area contributed by atoms with Crippen LogP contribution in [0.5, 0.6) is 0 Å². The Hall–Kier alpha value is -1.38. The molecular formula is C14H18ClFN2O4S. The molecule has 1 aromatic rings. The van der Waals surface area contributed by atoms with E-state index in [0.29, 0.717) is 28.3 Å². The highest BCUT2D eigenvalue weighted by Crippen LogP contribution is 2.38. The van der Waals surface area contributed by atoms with Crippen LogP contribution in [0.25, 0.3) is 0 Å². The lowest BCUT2D eigenvalue weighted by molar-refractivity contribution is 0.145. The molecular weight excluding hydrogens is 347 g/mol. The van der Waals surface area contributed by atoms with Gasteiger partial charge in [0.15, 0.2) is 0 Å². The van der Waals surface area contributed by atoms with Crippen LogP contribution >= 0.6 is 11.6 Å². The average Bonchev–Trinajstić information content (AvgIpc) is 2.67. The van der Waals surface area contributed by atoms with Crippen molar-refractivity contribution in [2.24, 2.45) is 0 Å². The minimum Gasteiger partial charge on any atom is -0.464 e. The largest absolute Gasteiger partial charge is 0.464 e. The van der Waals surface area contributed by atoms with Gasteiger partial charge in [-0.3, -0.25) is 0 Å². The van der Waals surface area contributed by atoms with Crippen molar-refractivity contribution in [2.75, 3.05) is 0 Å². The zero-order valence-electron chi connectivity index (χ0n) is 12.9. The first kappa shape index (κ1) is 18.0. The molecule has 1 atom stereocenters. The van der Waals surface area contributed by atoms with Gasteiger partial charge in [0.25, 0.3) is 0 Å². The highest BCUT2D eigenvalue weighted by Gasteiger charge is 2.40. The molecule has 0 aromatic heterocycles. The van der Waals surface area contributed by atoms with Gasteiger partial charge in [-0.1, -0.05) is 11.6 Å². The minimum absolute atomic E-state index is 0.128. The van der Waals surface area contributed by atoms with Crippen LogP contribution in [0.2, 0.25) is 5.02 Å². The fourth-order valence-electron chi connectivity index (χ4n) is 2.78. The lowest BCUT2D eigenvalue weighted by atomic mass is 10.1. The number of fused-ring (bicyclic) bond motifs is 1. The second-order valence-electron chi connectivity index (χ2n) is 6.39. The highest BCUT2D eigenvalue weighted by molar-refractivity contribution is 7.87. The number of amides is 1. The van der Waals surface area contributed by atoms with Crippen molar-refractivity contribution in [1.82, 2.24) is 9.03 Å². The Morgan fingerprint density at radius 1 is 1.43 bits per heavy atom. The first-order chi connectivity index (χ1) is 10.4. The number of aryl methyl sites for hydroxylation is 1.